The van der Waals surface area contributed by atoms with Gasteiger partial charge in [0.1, 0.15) is 6.33 Å². The highest BCUT2D eigenvalue weighted by atomic mass is 19.3. The van der Waals surface area contributed by atoms with E-state index in [2.05, 4.69) is 30.6 Å². The second-order valence-electron chi connectivity index (χ2n) is 8.05. The summed E-state index contributed by atoms with van der Waals surface area (Å²) in [7, 11) is 0. The number of pyridine rings is 2. The second kappa shape index (κ2) is 8.15. The Morgan fingerprint density at radius 1 is 1.00 bits per heavy atom. The predicted molar refractivity (Wildman–Crippen MR) is 115 cm³/mol. The Kier molecular flexibility index (Phi) is 5.15. The van der Waals surface area contributed by atoms with E-state index in [1.54, 1.807) is 18.5 Å². The molecule has 1 saturated heterocycles. The number of likely N-dealkylation sites (tertiary alicyclic amines) is 1. The molecular formula is C22H19F2N7O2. The average Bonchev–Trinajstić information content (AvgIpc) is 3.64. The van der Waals surface area contributed by atoms with Crippen LogP contribution in [0.3, 0.4) is 0 Å². The lowest BCUT2D eigenvalue weighted by atomic mass is 10.1. The SMILES string of the molecule is O=C(Nc1cnccc1C(=O)N1CC(F)(F)C1)c1nc(C2CC2)ccc1Nc1cncnc1. The van der Waals surface area contributed by atoms with Crippen molar-refractivity contribution in [1.29, 1.82) is 0 Å². The van der Waals surface area contributed by atoms with Crippen LogP contribution in [-0.2, 0) is 0 Å². The van der Waals surface area contributed by atoms with Gasteiger partial charge in [-0.3, -0.25) is 14.6 Å². The van der Waals surface area contributed by atoms with Gasteiger partial charge < -0.3 is 15.5 Å². The van der Waals surface area contributed by atoms with Gasteiger partial charge in [-0.05, 0) is 31.0 Å². The van der Waals surface area contributed by atoms with E-state index in [1.165, 1.54) is 24.8 Å². The summed E-state index contributed by atoms with van der Waals surface area (Å²) in [6.07, 6.45) is 9.21. The van der Waals surface area contributed by atoms with Crippen molar-refractivity contribution in [3.05, 3.63) is 66.3 Å². The molecule has 1 saturated carbocycles. The zero-order valence-corrected chi connectivity index (χ0v) is 17.3. The minimum absolute atomic E-state index is 0.0816. The highest BCUT2D eigenvalue weighted by Gasteiger charge is 2.46. The molecule has 0 spiro atoms. The zero-order valence-electron chi connectivity index (χ0n) is 17.3. The minimum Gasteiger partial charge on any atom is -0.351 e. The molecule has 9 nitrogen and oxygen atoms in total. The Balaban J connectivity index is 1.42. The largest absolute Gasteiger partial charge is 0.351 e. The zero-order chi connectivity index (χ0) is 23.0. The molecule has 2 fully saturated rings. The van der Waals surface area contributed by atoms with Crippen LogP contribution < -0.4 is 10.6 Å². The van der Waals surface area contributed by atoms with E-state index in [0.717, 1.165) is 23.4 Å². The third-order valence-electron chi connectivity index (χ3n) is 5.40. The van der Waals surface area contributed by atoms with E-state index in [-0.39, 0.29) is 16.9 Å². The highest BCUT2D eigenvalue weighted by molar-refractivity contribution is 6.10. The van der Waals surface area contributed by atoms with Crippen LogP contribution in [0, 0.1) is 0 Å². The number of carbonyl (C=O) groups excluding carboxylic acids is 2. The van der Waals surface area contributed by atoms with Gasteiger partial charge in [0.2, 0.25) is 0 Å². The smallest absolute Gasteiger partial charge is 0.282 e. The maximum Gasteiger partial charge on any atom is 0.282 e. The maximum atomic E-state index is 13.2. The van der Waals surface area contributed by atoms with Gasteiger partial charge in [0, 0.05) is 17.8 Å². The first-order valence-corrected chi connectivity index (χ1v) is 10.3. The number of alkyl halides is 2. The molecule has 0 atom stereocenters. The lowest BCUT2D eigenvalue weighted by Gasteiger charge is -2.38. The van der Waals surface area contributed by atoms with Crippen molar-refractivity contribution < 1.29 is 18.4 Å². The van der Waals surface area contributed by atoms with Crippen molar-refractivity contribution in [3.8, 4) is 0 Å². The fourth-order valence-corrected chi connectivity index (χ4v) is 3.56. The van der Waals surface area contributed by atoms with E-state index in [9.17, 15) is 18.4 Å². The summed E-state index contributed by atoms with van der Waals surface area (Å²) in [5.41, 5.74) is 2.14. The number of anilines is 3. The number of rotatable bonds is 6. The molecule has 0 aromatic carbocycles. The number of hydrogen-bond donors (Lipinski definition) is 2. The van der Waals surface area contributed by atoms with Crippen molar-refractivity contribution in [2.24, 2.45) is 0 Å². The topological polar surface area (TPSA) is 113 Å². The van der Waals surface area contributed by atoms with E-state index >= 15 is 0 Å². The number of nitrogens with zero attached hydrogens (tertiary/aromatic N) is 5. The predicted octanol–water partition coefficient (Wildman–Crippen LogP) is 3.23. The number of amides is 2. The third kappa shape index (κ3) is 4.47. The summed E-state index contributed by atoms with van der Waals surface area (Å²) >= 11 is 0. The van der Waals surface area contributed by atoms with Crippen LogP contribution in [0.5, 0.6) is 0 Å². The average molecular weight is 451 g/mol. The summed E-state index contributed by atoms with van der Waals surface area (Å²) in [6.45, 7) is -1.31. The first kappa shape index (κ1) is 20.9. The van der Waals surface area contributed by atoms with Crippen LogP contribution in [0.2, 0.25) is 0 Å². The first-order valence-electron chi connectivity index (χ1n) is 10.3. The van der Waals surface area contributed by atoms with E-state index < -0.39 is 30.8 Å². The summed E-state index contributed by atoms with van der Waals surface area (Å²) in [6, 6.07) is 5.02. The molecule has 1 aliphatic carbocycles. The first-order chi connectivity index (χ1) is 15.9. The molecule has 3 aromatic rings. The molecular weight excluding hydrogens is 432 g/mol. The van der Waals surface area contributed by atoms with Gasteiger partial charge in [0.15, 0.2) is 5.69 Å². The molecule has 2 aliphatic rings. The fourth-order valence-electron chi connectivity index (χ4n) is 3.56. The van der Waals surface area contributed by atoms with Gasteiger partial charge in [-0.15, -0.1) is 0 Å². The summed E-state index contributed by atoms with van der Waals surface area (Å²) in [5.74, 6) is -3.73. The molecule has 4 heterocycles. The summed E-state index contributed by atoms with van der Waals surface area (Å²) in [4.78, 5) is 43.4. The van der Waals surface area contributed by atoms with Crippen molar-refractivity contribution in [3.63, 3.8) is 0 Å². The number of nitrogens with one attached hydrogen (secondary N) is 2. The molecule has 0 radical (unpaired) electrons. The highest BCUT2D eigenvalue weighted by Crippen LogP contribution is 2.40. The Morgan fingerprint density at radius 2 is 1.76 bits per heavy atom. The van der Waals surface area contributed by atoms with Gasteiger partial charge in [0.25, 0.3) is 17.7 Å². The van der Waals surface area contributed by atoms with Crippen molar-refractivity contribution >= 4 is 28.9 Å². The molecule has 11 heteroatoms. The van der Waals surface area contributed by atoms with Gasteiger partial charge in [-0.2, -0.15) is 0 Å². The standard InChI is InChI=1S/C22H19F2N7O2/c23-22(24)10-31(11-22)21(33)15-5-6-25-9-18(15)30-20(32)19-17(28-14-7-26-12-27-8-14)4-3-16(29-19)13-1-2-13/h3-9,12-13,28H,1-2,10-11H2,(H,30,32). The van der Waals surface area contributed by atoms with Crippen molar-refractivity contribution in [1.82, 2.24) is 24.8 Å². The van der Waals surface area contributed by atoms with E-state index in [0.29, 0.717) is 17.3 Å². The van der Waals surface area contributed by atoms with Crippen molar-refractivity contribution in [2.45, 2.75) is 24.7 Å². The van der Waals surface area contributed by atoms with Crippen LogP contribution in [0.1, 0.15) is 45.3 Å². The molecule has 2 amide bonds. The molecule has 2 N–H and O–H groups in total. The van der Waals surface area contributed by atoms with E-state index in [4.69, 9.17) is 0 Å². The molecule has 1 aliphatic heterocycles. The fraction of sp³-hybridized carbons (Fsp3) is 0.273. The van der Waals surface area contributed by atoms with Gasteiger partial charge in [-0.1, -0.05) is 0 Å². The maximum absolute atomic E-state index is 13.2. The van der Waals surface area contributed by atoms with Crippen LogP contribution in [0.4, 0.5) is 25.8 Å². The molecule has 0 unspecified atom stereocenters. The summed E-state index contributed by atoms with van der Waals surface area (Å²) in [5, 5.41) is 5.76. The van der Waals surface area contributed by atoms with Gasteiger partial charge >= 0.3 is 0 Å². The Hall–Kier alpha value is -4.02. The van der Waals surface area contributed by atoms with Crippen LogP contribution in [-0.4, -0.2) is 55.7 Å². The number of halogens is 2. The monoisotopic (exact) mass is 451 g/mol. The number of aromatic nitrogens is 4. The molecule has 33 heavy (non-hydrogen) atoms. The van der Waals surface area contributed by atoms with Crippen molar-refractivity contribution in [2.75, 3.05) is 23.7 Å². The normalized spacial score (nSPS) is 16.6. The molecule has 3 aromatic heterocycles. The Labute approximate surface area is 187 Å². The van der Waals surface area contributed by atoms with Crippen LogP contribution in [0.25, 0.3) is 0 Å². The minimum atomic E-state index is -2.89. The Bertz CT molecular complexity index is 1210. The van der Waals surface area contributed by atoms with Crippen LogP contribution >= 0.6 is 0 Å². The van der Waals surface area contributed by atoms with Gasteiger partial charge in [-0.25, -0.2) is 23.7 Å². The lowest BCUT2D eigenvalue weighted by Crippen LogP contribution is -2.58. The molecule has 0 bridgehead atoms. The summed E-state index contributed by atoms with van der Waals surface area (Å²) < 4.78 is 26.5. The van der Waals surface area contributed by atoms with Gasteiger partial charge in [0.05, 0.1) is 54.3 Å². The molecule has 5 rings (SSSR count). The number of carbonyl (C=O) groups is 2. The second-order valence-corrected chi connectivity index (χ2v) is 8.05. The quantitative estimate of drug-likeness (QED) is 0.592. The van der Waals surface area contributed by atoms with Crippen LogP contribution in [0.15, 0.2) is 49.3 Å². The van der Waals surface area contributed by atoms with E-state index in [1.807, 2.05) is 6.07 Å². The lowest BCUT2D eigenvalue weighted by molar-refractivity contribution is -0.113. The molecule has 168 valence electrons. The third-order valence-corrected chi connectivity index (χ3v) is 5.40. The Morgan fingerprint density at radius 3 is 2.45 bits per heavy atom. The number of hydrogen-bond acceptors (Lipinski definition) is 7.